The number of hydrogen-bond acceptors (Lipinski definition) is 6. The van der Waals surface area contributed by atoms with Crippen LogP contribution in [0.15, 0.2) is 30.5 Å². The second-order valence-corrected chi connectivity index (χ2v) is 6.10. The molecule has 0 aliphatic carbocycles. The van der Waals surface area contributed by atoms with Crippen molar-refractivity contribution in [3.63, 3.8) is 0 Å². The standard InChI is InChI=1S/C19H24N4O3/c1-3-9-23(10-4-2)19-20-8-7-15(22-19)18(24)21-12-14-5-6-16-17(11-14)26-13-25-16/h5-8,11H,3-4,9-10,12-13H2,1-2H3,(H,21,24). The molecule has 1 aliphatic rings. The van der Waals surface area contributed by atoms with Crippen molar-refractivity contribution in [1.29, 1.82) is 0 Å². The van der Waals surface area contributed by atoms with Gasteiger partial charge in [-0.05, 0) is 36.6 Å². The van der Waals surface area contributed by atoms with Crippen LogP contribution in [0.1, 0.15) is 42.7 Å². The van der Waals surface area contributed by atoms with Crippen LogP contribution in [-0.4, -0.2) is 35.8 Å². The molecule has 1 aromatic heterocycles. The topological polar surface area (TPSA) is 76.6 Å². The van der Waals surface area contributed by atoms with Gasteiger partial charge >= 0.3 is 0 Å². The van der Waals surface area contributed by atoms with Gasteiger partial charge in [-0.1, -0.05) is 19.9 Å². The summed E-state index contributed by atoms with van der Waals surface area (Å²) in [4.78, 5) is 23.3. The molecule has 7 nitrogen and oxygen atoms in total. The van der Waals surface area contributed by atoms with Gasteiger partial charge in [0.2, 0.25) is 12.7 Å². The first-order valence-electron chi connectivity index (χ1n) is 8.96. The average molecular weight is 356 g/mol. The molecule has 0 saturated carbocycles. The molecule has 0 radical (unpaired) electrons. The Kier molecular flexibility index (Phi) is 5.88. The Balaban J connectivity index is 1.65. The zero-order valence-corrected chi connectivity index (χ0v) is 15.2. The number of carbonyl (C=O) groups is 1. The smallest absolute Gasteiger partial charge is 0.270 e. The molecule has 1 amide bonds. The highest BCUT2D eigenvalue weighted by Crippen LogP contribution is 2.32. The van der Waals surface area contributed by atoms with Gasteiger partial charge in [-0.25, -0.2) is 9.97 Å². The zero-order chi connectivity index (χ0) is 18.4. The summed E-state index contributed by atoms with van der Waals surface area (Å²) in [5.41, 5.74) is 1.31. The summed E-state index contributed by atoms with van der Waals surface area (Å²) in [5, 5.41) is 2.89. The van der Waals surface area contributed by atoms with Gasteiger partial charge in [0.1, 0.15) is 5.69 Å². The number of nitrogens with one attached hydrogen (secondary N) is 1. The molecule has 0 unspecified atom stereocenters. The van der Waals surface area contributed by atoms with Gasteiger partial charge in [-0.15, -0.1) is 0 Å². The number of carbonyl (C=O) groups excluding carboxylic acids is 1. The Hall–Kier alpha value is -2.83. The summed E-state index contributed by atoms with van der Waals surface area (Å²) < 4.78 is 10.6. The van der Waals surface area contributed by atoms with Gasteiger partial charge in [0.15, 0.2) is 11.5 Å². The Morgan fingerprint density at radius 2 is 1.92 bits per heavy atom. The molecular formula is C19H24N4O3. The Morgan fingerprint density at radius 3 is 2.69 bits per heavy atom. The highest BCUT2D eigenvalue weighted by molar-refractivity contribution is 5.92. The monoisotopic (exact) mass is 356 g/mol. The van der Waals surface area contributed by atoms with Crippen molar-refractivity contribution in [2.24, 2.45) is 0 Å². The summed E-state index contributed by atoms with van der Waals surface area (Å²) in [5.74, 6) is 1.81. The maximum absolute atomic E-state index is 12.5. The van der Waals surface area contributed by atoms with E-state index >= 15 is 0 Å². The molecular weight excluding hydrogens is 332 g/mol. The number of aromatic nitrogens is 2. The van der Waals surface area contributed by atoms with Crippen LogP contribution < -0.4 is 19.7 Å². The van der Waals surface area contributed by atoms with Crippen molar-refractivity contribution in [2.45, 2.75) is 33.2 Å². The zero-order valence-electron chi connectivity index (χ0n) is 15.2. The third-order valence-electron chi connectivity index (χ3n) is 4.04. The second kappa shape index (κ2) is 8.51. The molecule has 1 N–H and O–H groups in total. The van der Waals surface area contributed by atoms with E-state index in [0.29, 0.717) is 23.9 Å². The average Bonchev–Trinajstić information content (AvgIpc) is 3.14. The number of anilines is 1. The van der Waals surface area contributed by atoms with Gasteiger partial charge < -0.3 is 19.7 Å². The van der Waals surface area contributed by atoms with Crippen LogP contribution >= 0.6 is 0 Å². The molecule has 2 aromatic rings. The van der Waals surface area contributed by atoms with Crippen molar-refractivity contribution in [1.82, 2.24) is 15.3 Å². The lowest BCUT2D eigenvalue weighted by Crippen LogP contribution is -2.29. The lowest BCUT2D eigenvalue weighted by molar-refractivity contribution is 0.0945. The highest BCUT2D eigenvalue weighted by Gasteiger charge is 2.15. The van der Waals surface area contributed by atoms with E-state index in [2.05, 4.69) is 34.0 Å². The number of amides is 1. The van der Waals surface area contributed by atoms with Crippen LogP contribution in [0.5, 0.6) is 11.5 Å². The van der Waals surface area contributed by atoms with Gasteiger partial charge in [-0.2, -0.15) is 0 Å². The van der Waals surface area contributed by atoms with Crippen LogP contribution in [0.2, 0.25) is 0 Å². The van der Waals surface area contributed by atoms with Crippen LogP contribution in [0.4, 0.5) is 5.95 Å². The Labute approximate surface area is 153 Å². The van der Waals surface area contributed by atoms with Crippen LogP contribution in [-0.2, 0) is 6.54 Å². The number of fused-ring (bicyclic) bond motifs is 1. The summed E-state index contributed by atoms with van der Waals surface area (Å²) >= 11 is 0. The summed E-state index contributed by atoms with van der Waals surface area (Å²) in [7, 11) is 0. The minimum absolute atomic E-state index is 0.223. The Bertz CT molecular complexity index is 760. The first-order valence-corrected chi connectivity index (χ1v) is 8.96. The number of ether oxygens (including phenoxy) is 2. The fourth-order valence-corrected chi connectivity index (χ4v) is 2.80. The van der Waals surface area contributed by atoms with Crippen molar-refractivity contribution >= 4 is 11.9 Å². The molecule has 1 aromatic carbocycles. The van der Waals surface area contributed by atoms with Gasteiger partial charge in [0, 0.05) is 25.8 Å². The van der Waals surface area contributed by atoms with E-state index in [0.717, 1.165) is 37.2 Å². The van der Waals surface area contributed by atoms with Gasteiger partial charge in [0.05, 0.1) is 0 Å². The second-order valence-electron chi connectivity index (χ2n) is 6.10. The minimum Gasteiger partial charge on any atom is -0.454 e. The third-order valence-corrected chi connectivity index (χ3v) is 4.04. The van der Waals surface area contributed by atoms with Gasteiger partial charge in [0.25, 0.3) is 5.91 Å². The molecule has 7 heteroatoms. The van der Waals surface area contributed by atoms with E-state index in [9.17, 15) is 4.79 Å². The van der Waals surface area contributed by atoms with E-state index in [1.165, 1.54) is 0 Å². The minimum atomic E-state index is -0.223. The van der Waals surface area contributed by atoms with E-state index in [4.69, 9.17) is 9.47 Å². The molecule has 0 fully saturated rings. The molecule has 0 bridgehead atoms. The maximum atomic E-state index is 12.5. The fraction of sp³-hybridized carbons (Fsp3) is 0.421. The lowest BCUT2D eigenvalue weighted by atomic mass is 10.2. The molecule has 0 atom stereocenters. The van der Waals surface area contributed by atoms with Crippen molar-refractivity contribution in [3.05, 3.63) is 41.7 Å². The van der Waals surface area contributed by atoms with E-state index in [1.807, 2.05) is 18.2 Å². The number of hydrogen-bond donors (Lipinski definition) is 1. The van der Waals surface area contributed by atoms with Crippen molar-refractivity contribution in [2.75, 3.05) is 24.8 Å². The number of nitrogens with zero attached hydrogens (tertiary/aromatic N) is 3. The molecule has 0 spiro atoms. The largest absolute Gasteiger partial charge is 0.454 e. The molecule has 1 aliphatic heterocycles. The maximum Gasteiger partial charge on any atom is 0.270 e. The molecule has 2 heterocycles. The SMILES string of the molecule is CCCN(CCC)c1nccc(C(=O)NCc2ccc3c(c2)OCO3)n1. The number of rotatable bonds is 8. The molecule has 26 heavy (non-hydrogen) atoms. The molecule has 0 saturated heterocycles. The van der Waals surface area contributed by atoms with Crippen molar-refractivity contribution in [3.8, 4) is 11.5 Å². The predicted molar refractivity (Wildman–Crippen MR) is 98.6 cm³/mol. The fourth-order valence-electron chi connectivity index (χ4n) is 2.80. The third kappa shape index (κ3) is 4.22. The van der Waals surface area contributed by atoms with Crippen LogP contribution in [0.3, 0.4) is 0 Å². The Morgan fingerprint density at radius 1 is 1.15 bits per heavy atom. The van der Waals surface area contributed by atoms with E-state index < -0.39 is 0 Å². The predicted octanol–water partition coefficient (Wildman–Crippen LogP) is 2.76. The first kappa shape index (κ1) is 18.0. The number of benzene rings is 1. The van der Waals surface area contributed by atoms with Gasteiger partial charge in [-0.3, -0.25) is 4.79 Å². The lowest BCUT2D eigenvalue weighted by Gasteiger charge is -2.21. The highest BCUT2D eigenvalue weighted by atomic mass is 16.7. The van der Waals surface area contributed by atoms with Crippen LogP contribution in [0, 0.1) is 0 Å². The molecule has 138 valence electrons. The first-order chi connectivity index (χ1) is 12.7. The normalized spacial score (nSPS) is 12.1. The summed E-state index contributed by atoms with van der Waals surface area (Å²) in [6.45, 7) is 6.60. The van der Waals surface area contributed by atoms with E-state index in [1.54, 1.807) is 12.3 Å². The van der Waals surface area contributed by atoms with E-state index in [-0.39, 0.29) is 12.7 Å². The summed E-state index contributed by atoms with van der Waals surface area (Å²) in [6.07, 6.45) is 3.64. The summed E-state index contributed by atoms with van der Waals surface area (Å²) in [6, 6.07) is 7.26. The molecule has 3 rings (SSSR count). The quantitative estimate of drug-likeness (QED) is 0.784. The van der Waals surface area contributed by atoms with Crippen molar-refractivity contribution < 1.29 is 14.3 Å². The van der Waals surface area contributed by atoms with Crippen LogP contribution in [0.25, 0.3) is 0 Å².